The van der Waals surface area contributed by atoms with Gasteiger partial charge in [0, 0.05) is 43.5 Å². The van der Waals surface area contributed by atoms with Crippen LogP contribution in [0.15, 0.2) is 40.7 Å². The zero-order valence-corrected chi connectivity index (χ0v) is 18.1. The predicted molar refractivity (Wildman–Crippen MR) is 116 cm³/mol. The predicted octanol–water partition coefficient (Wildman–Crippen LogP) is 2.55. The molecule has 1 aromatic heterocycles. The molecule has 3 rings (SSSR count). The molecule has 1 aromatic rings. The van der Waals surface area contributed by atoms with Gasteiger partial charge in [0.05, 0.1) is 0 Å². The van der Waals surface area contributed by atoms with Gasteiger partial charge in [0.2, 0.25) is 11.9 Å². The van der Waals surface area contributed by atoms with Gasteiger partial charge in [-0.1, -0.05) is 13.0 Å². The van der Waals surface area contributed by atoms with Crippen LogP contribution in [0.2, 0.25) is 0 Å². The number of aromatic nitrogens is 1. The third kappa shape index (κ3) is 4.26. The summed E-state index contributed by atoms with van der Waals surface area (Å²) in [5.74, 6) is -1.30. The smallest absolute Gasteiger partial charge is 0.277 e. The molecule has 0 saturated carbocycles. The Hall–Kier alpha value is -3.36. The number of nitrogens with one attached hydrogen (secondary N) is 1. The summed E-state index contributed by atoms with van der Waals surface area (Å²) >= 11 is 0. The van der Waals surface area contributed by atoms with Crippen LogP contribution >= 0.6 is 0 Å². The SMILES string of the molecule is CC/C=C(\C(F)=NC)c1ccc(NC(=O)C(C)N2CCCC3=C2C(=O)N(C)C3=O)nc1. The molecule has 0 saturated heterocycles. The Kier molecular flexibility index (Phi) is 6.62. The minimum Gasteiger partial charge on any atom is -0.355 e. The van der Waals surface area contributed by atoms with Crippen molar-refractivity contribution in [3.63, 3.8) is 0 Å². The van der Waals surface area contributed by atoms with Gasteiger partial charge < -0.3 is 10.2 Å². The van der Waals surface area contributed by atoms with E-state index in [0.29, 0.717) is 54.0 Å². The second-order valence-electron chi connectivity index (χ2n) is 7.43. The lowest BCUT2D eigenvalue weighted by atomic mass is 10.0. The molecule has 0 radical (unpaired) electrons. The van der Waals surface area contributed by atoms with Crippen LogP contribution in [0.1, 0.15) is 38.7 Å². The van der Waals surface area contributed by atoms with E-state index >= 15 is 0 Å². The highest BCUT2D eigenvalue weighted by Crippen LogP contribution is 2.32. The molecular weight excluding hydrogens is 401 g/mol. The number of nitrogens with zero attached hydrogens (tertiary/aromatic N) is 4. The van der Waals surface area contributed by atoms with Gasteiger partial charge in [0.25, 0.3) is 11.8 Å². The van der Waals surface area contributed by atoms with E-state index in [4.69, 9.17) is 0 Å². The van der Waals surface area contributed by atoms with Gasteiger partial charge in [-0.3, -0.25) is 24.3 Å². The van der Waals surface area contributed by atoms with Crippen molar-refractivity contribution in [2.45, 2.75) is 39.2 Å². The number of pyridine rings is 1. The number of hydrogen-bond donors (Lipinski definition) is 1. The summed E-state index contributed by atoms with van der Waals surface area (Å²) in [7, 11) is 2.83. The van der Waals surface area contributed by atoms with E-state index < -0.39 is 12.0 Å². The molecule has 31 heavy (non-hydrogen) atoms. The monoisotopic (exact) mass is 427 g/mol. The van der Waals surface area contributed by atoms with Crippen LogP contribution in [0.5, 0.6) is 0 Å². The number of aliphatic imine (C=N–C) groups is 1. The molecule has 3 heterocycles. The van der Waals surface area contributed by atoms with Crippen LogP contribution in [0, 0.1) is 0 Å². The Balaban J connectivity index is 1.75. The first-order valence-electron chi connectivity index (χ1n) is 10.2. The number of hydrogen-bond acceptors (Lipinski definition) is 6. The zero-order chi connectivity index (χ0) is 22.7. The van der Waals surface area contributed by atoms with Gasteiger partial charge in [0.15, 0.2) is 0 Å². The normalized spacial score (nSPS) is 18.5. The molecule has 1 N–H and O–H groups in total. The number of allylic oxidation sites excluding steroid dienone is 2. The molecule has 1 atom stereocenters. The number of halogens is 1. The summed E-state index contributed by atoms with van der Waals surface area (Å²) in [4.78, 5) is 48.2. The van der Waals surface area contributed by atoms with Crippen LogP contribution in [0.4, 0.5) is 10.2 Å². The first kappa shape index (κ1) is 22.3. The Labute approximate surface area is 180 Å². The van der Waals surface area contributed by atoms with Gasteiger partial charge in [-0.05, 0) is 38.3 Å². The molecule has 2 aliphatic heterocycles. The van der Waals surface area contributed by atoms with Crippen LogP contribution in [-0.4, -0.2) is 65.2 Å². The molecule has 0 aromatic carbocycles. The van der Waals surface area contributed by atoms with Gasteiger partial charge in [-0.15, -0.1) is 0 Å². The van der Waals surface area contributed by atoms with E-state index in [9.17, 15) is 18.8 Å². The third-order valence-corrected chi connectivity index (χ3v) is 5.47. The number of rotatable bonds is 6. The van der Waals surface area contributed by atoms with E-state index in [2.05, 4.69) is 15.3 Å². The Bertz CT molecular complexity index is 997. The molecule has 0 aliphatic carbocycles. The van der Waals surface area contributed by atoms with Crippen LogP contribution in [-0.2, 0) is 14.4 Å². The number of imide groups is 1. The van der Waals surface area contributed by atoms with Crippen molar-refractivity contribution in [1.29, 1.82) is 0 Å². The summed E-state index contributed by atoms with van der Waals surface area (Å²) in [6, 6.07) is 2.58. The summed E-state index contributed by atoms with van der Waals surface area (Å²) in [5.41, 5.74) is 1.69. The van der Waals surface area contributed by atoms with Gasteiger partial charge in [-0.2, -0.15) is 4.39 Å². The molecule has 0 bridgehead atoms. The van der Waals surface area contributed by atoms with E-state index in [-0.39, 0.29) is 17.7 Å². The highest BCUT2D eigenvalue weighted by atomic mass is 19.1. The number of carbonyl (C=O) groups is 3. The molecule has 3 amide bonds. The number of amides is 3. The highest BCUT2D eigenvalue weighted by molar-refractivity contribution is 6.19. The molecule has 0 spiro atoms. The number of carbonyl (C=O) groups excluding carboxylic acids is 3. The standard InChI is InChI=1S/C22H26FN5O3/c1-5-7-15(19(23)24-3)14-9-10-17(25-12-14)26-20(29)13(2)28-11-6-8-16-18(28)22(31)27(4)21(16)30/h7,9-10,12-13H,5-6,8,11H2,1-4H3,(H,25,26,29)/b15-7-,24-19?. The fourth-order valence-electron chi connectivity index (χ4n) is 3.78. The number of anilines is 1. The van der Waals surface area contributed by atoms with Crippen LogP contribution in [0.3, 0.4) is 0 Å². The Morgan fingerprint density at radius 3 is 2.71 bits per heavy atom. The third-order valence-electron chi connectivity index (χ3n) is 5.47. The van der Waals surface area contributed by atoms with Crippen molar-refractivity contribution in [3.8, 4) is 0 Å². The second-order valence-corrected chi connectivity index (χ2v) is 7.43. The zero-order valence-electron chi connectivity index (χ0n) is 18.1. The summed E-state index contributed by atoms with van der Waals surface area (Å²) in [6.45, 7) is 4.09. The molecule has 2 aliphatic rings. The summed E-state index contributed by atoms with van der Waals surface area (Å²) < 4.78 is 14.0. The van der Waals surface area contributed by atoms with E-state index in [1.165, 1.54) is 20.3 Å². The van der Waals surface area contributed by atoms with Crippen molar-refractivity contribution >= 4 is 35.1 Å². The summed E-state index contributed by atoms with van der Waals surface area (Å²) in [5, 5.41) is 2.73. The van der Waals surface area contributed by atoms with Crippen molar-refractivity contribution in [2.75, 3.05) is 26.0 Å². The lowest BCUT2D eigenvalue weighted by Gasteiger charge is -2.33. The van der Waals surface area contributed by atoms with Crippen molar-refractivity contribution in [1.82, 2.24) is 14.8 Å². The largest absolute Gasteiger partial charge is 0.355 e. The summed E-state index contributed by atoms with van der Waals surface area (Å²) in [6.07, 6.45) is 5.05. The maximum atomic E-state index is 14.0. The van der Waals surface area contributed by atoms with Crippen molar-refractivity contribution < 1.29 is 18.8 Å². The van der Waals surface area contributed by atoms with E-state index in [1.807, 2.05) is 6.92 Å². The van der Waals surface area contributed by atoms with Gasteiger partial charge in [0.1, 0.15) is 17.6 Å². The fraction of sp³-hybridized carbons (Fsp3) is 0.409. The minimum atomic E-state index is -0.671. The van der Waals surface area contributed by atoms with Crippen molar-refractivity contribution in [3.05, 3.63) is 41.2 Å². The second kappa shape index (κ2) is 9.20. The average Bonchev–Trinajstić information content (AvgIpc) is 3.01. The fourth-order valence-corrected chi connectivity index (χ4v) is 3.78. The highest BCUT2D eigenvalue weighted by Gasteiger charge is 2.42. The topological polar surface area (TPSA) is 95.0 Å². The Morgan fingerprint density at radius 2 is 2.10 bits per heavy atom. The lowest BCUT2D eigenvalue weighted by molar-refractivity contribution is -0.136. The molecule has 1 unspecified atom stereocenters. The first-order chi connectivity index (χ1) is 14.8. The molecular formula is C22H26FN5O3. The molecule has 164 valence electrons. The van der Waals surface area contributed by atoms with Gasteiger partial charge in [-0.25, -0.2) is 4.98 Å². The average molecular weight is 427 g/mol. The molecule has 8 nitrogen and oxygen atoms in total. The van der Waals surface area contributed by atoms with Gasteiger partial charge >= 0.3 is 0 Å². The first-order valence-corrected chi connectivity index (χ1v) is 10.2. The maximum Gasteiger partial charge on any atom is 0.277 e. The maximum absolute atomic E-state index is 14.0. The quantitative estimate of drug-likeness (QED) is 0.556. The molecule has 9 heteroatoms. The number of likely N-dealkylation sites (N-methyl/N-ethyl adjacent to an activating group) is 1. The Morgan fingerprint density at radius 1 is 1.35 bits per heavy atom. The van der Waals surface area contributed by atoms with E-state index in [1.54, 1.807) is 30.0 Å². The van der Waals surface area contributed by atoms with E-state index in [0.717, 1.165) is 4.90 Å². The molecule has 0 fully saturated rings. The van der Waals surface area contributed by atoms with Crippen LogP contribution < -0.4 is 5.32 Å². The lowest BCUT2D eigenvalue weighted by Crippen LogP contribution is -2.45. The van der Waals surface area contributed by atoms with Crippen LogP contribution in [0.25, 0.3) is 5.57 Å². The minimum absolute atomic E-state index is 0.298. The van der Waals surface area contributed by atoms with Crippen molar-refractivity contribution in [2.24, 2.45) is 4.99 Å².